The fourth-order valence-corrected chi connectivity index (χ4v) is 1.85. The van der Waals surface area contributed by atoms with Gasteiger partial charge in [0.05, 0.1) is 25.4 Å². The van der Waals surface area contributed by atoms with E-state index in [0.717, 1.165) is 0 Å². The molecule has 26 heavy (non-hydrogen) atoms. The summed E-state index contributed by atoms with van der Waals surface area (Å²) in [4.78, 5) is 22.9. The summed E-state index contributed by atoms with van der Waals surface area (Å²) < 4.78 is 11.7. The Morgan fingerprint density at radius 2 is 1.35 bits per heavy atom. The molecule has 0 rings (SSSR count). The van der Waals surface area contributed by atoms with Crippen molar-refractivity contribution in [2.75, 3.05) is 26.3 Å². The van der Waals surface area contributed by atoms with Crippen LogP contribution in [0.2, 0.25) is 0 Å². The number of carbonyl (C=O) groups is 2. The molecule has 0 aliphatic carbocycles. The van der Waals surface area contributed by atoms with Gasteiger partial charge in [0.25, 0.3) is 0 Å². The molecular weight excluding hydrogens is 332 g/mol. The van der Waals surface area contributed by atoms with Crippen molar-refractivity contribution in [3.63, 3.8) is 0 Å². The van der Waals surface area contributed by atoms with Gasteiger partial charge in [-0.15, -0.1) is 0 Å². The molecule has 4 atom stereocenters. The van der Waals surface area contributed by atoms with E-state index < -0.39 is 0 Å². The first kappa shape index (κ1) is 24.3. The van der Waals surface area contributed by atoms with Gasteiger partial charge in [0.2, 0.25) is 11.8 Å². The van der Waals surface area contributed by atoms with Crippen LogP contribution in [0.15, 0.2) is 24.3 Å². The number of ether oxygens (including phenoxy) is 2. The number of carbonyl (C=O) groups excluding carboxylic acids is 2. The third kappa shape index (κ3) is 11.1. The fourth-order valence-electron chi connectivity index (χ4n) is 1.85. The number of rotatable bonds is 13. The predicted molar refractivity (Wildman–Crippen MR) is 105 cm³/mol. The van der Waals surface area contributed by atoms with E-state index in [9.17, 15) is 9.59 Å². The summed E-state index contributed by atoms with van der Waals surface area (Å²) in [5.74, 6) is 0.147. The van der Waals surface area contributed by atoms with E-state index in [-0.39, 0.29) is 35.9 Å². The van der Waals surface area contributed by atoms with Crippen LogP contribution < -0.4 is 10.6 Å². The highest BCUT2D eigenvalue weighted by Gasteiger charge is 2.16. The number of nitrogens with one attached hydrogen (secondary N) is 2. The van der Waals surface area contributed by atoms with Crippen LogP contribution >= 0.6 is 0 Å². The standard InChI is InChI=1S/C20H36N2O4/c1-13(2)19(23)21-9-15(5)11-26-18(8)16(6)12-25-17(7)10-22-20(24)14(3)4/h15-18H,1,3,9-12H2,2,4-8H3,(H,21,23)(H,22,24). The van der Waals surface area contributed by atoms with E-state index in [1.807, 2.05) is 20.8 Å². The molecule has 0 aromatic heterocycles. The summed E-state index contributed by atoms with van der Waals surface area (Å²) in [5, 5.41) is 5.59. The third-order valence-corrected chi connectivity index (χ3v) is 4.03. The van der Waals surface area contributed by atoms with Crippen LogP contribution in [0, 0.1) is 11.8 Å². The first-order chi connectivity index (χ1) is 12.0. The SMILES string of the molecule is C=C(C)C(=O)NCC(C)COC(C)C(C)COC(C)CNC(=O)C(=C)C. The molecule has 0 bridgehead atoms. The molecule has 0 saturated carbocycles. The fraction of sp³-hybridized carbons (Fsp3) is 0.700. The van der Waals surface area contributed by atoms with Gasteiger partial charge in [-0.2, -0.15) is 0 Å². The molecule has 0 radical (unpaired) electrons. The highest BCUT2D eigenvalue weighted by molar-refractivity contribution is 5.92. The number of hydrogen-bond donors (Lipinski definition) is 2. The van der Waals surface area contributed by atoms with Crippen LogP contribution in [0.5, 0.6) is 0 Å². The van der Waals surface area contributed by atoms with Gasteiger partial charge >= 0.3 is 0 Å². The van der Waals surface area contributed by atoms with Crippen molar-refractivity contribution < 1.29 is 19.1 Å². The average molecular weight is 369 g/mol. The molecule has 0 aromatic carbocycles. The van der Waals surface area contributed by atoms with Gasteiger partial charge < -0.3 is 20.1 Å². The molecule has 0 fully saturated rings. The molecular formula is C20H36N2O4. The first-order valence-corrected chi connectivity index (χ1v) is 9.15. The van der Waals surface area contributed by atoms with Crippen molar-refractivity contribution in [2.45, 2.75) is 53.8 Å². The molecule has 0 saturated heterocycles. The topological polar surface area (TPSA) is 76.7 Å². The molecule has 0 aliphatic heterocycles. The largest absolute Gasteiger partial charge is 0.378 e. The van der Waals surface area contributed by atoms with Crippen LogP contribution in [0.4, 0.5) is 0 Å². The molecule has 6 nitrogen and oxygen atoms in total. The summed E-state index contributed by atoms with van der Waals surface area (Å²) in [6.45, 7) is 20.7. The minimum Gasteiger partial charge on any atom is -0.378 e. The van der Waals surface area contributed by atoms with Gasteiger partial charge in [0.15, 0.2) is 0 Å². The normalized spacial score (nSPS) is 15.5. The summed E-state index contributed by atoms with van der Waals surface area (Å²) in [6.07, 6.45) is -0.0456. The molecule has 4 unspecified atom stereocenters. The Morgan fingerprint density at radius 1 is 0.846 bits per heavy atom. The molecule has 6 heteroatoms. The Hall–Kier alpha value is -1.66. The number of hydrogen-bond acceptors (Lipinski definition) is 4. The molecule has 0 aromatic rings. The lowest BCUT2D eigenvalue weighted by molar-refractivity contribution is -0.118. The summed E-state index contributed by atoms with van der Waals surface area (Å²) >= 11 is 0. The van der Waals surface area contributed by atoms with Crippen LogP contribution in [-0.2, 0) is 19.1 Å². The van der Waals surface area contributed by atoms with Crippen molar-refractivity contribution >= 4 is 11.8 Å². The number of amides is 2. The summed E-state index contributed by atoms with van der Waals surface area (Å²) in [6, 6.07) is 0. The molecule has 2 amide bonds. The maximum absolute atomic E-state index is 11.5. The third-order valence-electron chi connectivity index (χ3n) is 4.03. The van der Waals surface area contributed by atoms with Crippen molar-refractivity contribution in [3.05, 3.63) is 24.3 Å². The minimum absolute atomic E-state index is 0.0338. The first-order valence-electron chi connectivity index (χ1n) is 9.15. The van der Waals surface area contributed by atoms with E-state index in [2.05, 4.69) is 30.7 Å². The van der Waals surface area contributed by atoms with E-state index >= 15 is 0 Å². The Balaban J connectivity index is 3.99. The Labute approximate surface area is 158 Å². The van der Waals surface area contributed by atoms with Gasteiger partial charge in [-0.25, -0.2) is 0 Å². The lowest BCUT2D eigenvalue weighted by Gasteiger charge is -2.24. The predicted octanol–water partition coefficient (Wildman–Crippen LogP) is 2.45. The molecule has 0 heterocycles. The molecule has 0 spiro atoms. The quantitative estimate of drug-likeness (QED) is 0.490. The van der Waals surface area contributed by atoms with Crippen molar-refractivity contribution in [1.82, 2.24) is 10.6 Å². The molecule has 2 N–H and O–H groups in total. The zero-order chi connectivity index (χ0) is 20.3. The van der Waals surface area contributed by atoms with Crippen molar-refractivity contribution in [3.8, 4) is 0 Å². The maximum Gasteiger partial charge on any atom is 0.246 e. The Kier molecular flexibility index (Phi) is 11.8. The zero-order valence-electron chi connectivity index (χ0n) is 17.2. The van der Waals surface area contributed by atoms with E-state index in [0.29, 0.717) is 37.4 Å². The van der Waals surface area contributed by atoms with E-state index in [1.165, 1.54) is 0 Å². The zero-order valence-corrected chi connectivity index (χ0v) is 17.2. The minimum atomic E-state index is -0.155. The van der Waals surface area contributed by atoms with Crippen molar-refractivity contribution in [1.29, 1.82) is 0 Å². The maximum atomic E-state index is 11.5. The Morgan fingerprint density at radius 3 is 1.85 bits per heavy atom. The van der Waals surface area contributed by atoms with Crippen LogP contribution in [0.1, 0.15) is 41.5 Å². The highest BCUT2D eigenvalue weighted by Crippen LogP contribution is 2.10. The smallest absolute Gasteiger partial charge is 0.246 e. The van der Waals surface area contributed by atoms with Gasteiger partial charge in [-0.1, -0.05) is 27.0 Å². The monoisotopic (exact) mass is 368 g/mol. The van der Waals surface area contributed by atoms with Gasteiger partial charge in [-0.05, 0) is 33.6 Å². The van der Waals surface area contributed by atoms with Crippen LogP contribution in [0.3, 0.4) is 0 Å². The molecule has 0 aliphatic rings. The second kappa shape index (κ2) is 12.7. The average Bonchev–Trinajstić information content (AvgIpc) is 2.59. The van der Waals surface area contributed by atoms with Gasteiger partial charge in [0.1, 0.15) is 0 Å². The van der Waals surface area contributed by atoms with Gasteiger partial charge in [0, 0.05) is 30.2 Å². The Bertz CT molecular complexity index is 446. The second-order valence-corrected chi connectivity index (χ2v) is 7.25. The van der Waals surface area contributed by atoms with Crippen LogP contribution in [0.25, 0.3) is 0 Å². The molecule has 150 valence electrons. The lowest BCUT2D eigenvalue weighted by Crippen LogP contribution is -2.34. The van der Waals surface area contributed by atoms with Crippen molar-refractivity contribution in [2.24, 2.45) is 11.8 Å². The second-order valence-electron chi connectivity index (χ2n) is 7.25. The van der Waals surface area contributed by atoms with E-state index in [4.69, 9.17) is 9.47 Å². The van der Waals surface area contributed by atoms with Gasteiger partial charge in [-0.3, -0.25) is 9.59 Å². The summed E-state index contributed by atoms with van der Waals surface area (Å²) in [7, 11) is 0. The lowest BCUT2D eigenvalue weighted by atomic mass is 10.1. The van der Waals surface area contributed by atoms with E-state index in [1.54, 1.807) is 13.8 Å². The van der Waals surface area contributed by atoms with Crippen LogP contribution in [-0.4, -0.2) is 50.3 Å². The highest BCUT2D eigenvalue weighted by atomic mass is 16.5. The summed E-state index contributed by atoms with van der Waals surface area (Å²) in [5.41, 5.74) is 0.993.